The van der Waals surface area contributed by atoms with Crippen LogP contribution < -0.4 is 4.74 Å². The molecule has 1 heterocycles. The average molecular weight is 306 g/mol. The Hall–Kier alpha value is -2.07. The van der Waals surface area contributed by atoms with Crippen molar-refractivity contribution < 1.29 is 14.6 Å². The molecular weight excluding hydrogens is 290 g/mol. The molecule has 0 saturated carbocycles. The second-order valence-corrected chi connectivity index (χ2v) is 5.12. The van der Waals surface area contributed by atoms with Gasteiger partial charge in [0.25, 0.3) is 0 Å². The van der Waals surface area contributed by atoms with Crippen LogP contribution in [0.15, 0.2) is 36.5 Å². The van der Waals surface area contributed by atoms with Crippen LogP contribution in [-0.2, 0) is 0 Å². The number of halogens is 1. The van der Waals surface area contributed by atoms with Crippen LogP contribution in [0.2, 0.25) is 5.02 Å². The molecule has 4 nitrogen and oxygen atoms in total. The number of hydrogen-bond acceptors (Lipinski definition) is 3. The number of pyridine rings is 1. The highest BCUT2D eigenvalue weighted by atomic mass is 35.5. The Morgan fingerprint density at radius 1 is 1.38 bits per heavy atom. The van der Waals surface area contributed by atoms with Gasteiger partial charge in [-0.3, -0.25) is 4.98 Å². The fourth-order valence-electron chi connectivity index (χ4n) is 1.78. The van der Waals surface area contributed by atoms with E-state index < -0.39 is 5.97 Å². The maximum Gasteiger partial charge on any atom is 0.335 e. The summed E-state index contributed by atoms with van der Waals surface area (Å²) in [6, 6.07) is 8.29. The SMILES string of the molecule is CCC(C)Oc1ccc(-c2cc(C(=O)O)ccn2)cc1Cl. The molecule has 1 N–H and O–H groups in total. The normalized spacial score (nSPS) is 12.0. The second kappa shape index (κ2) is 6.59. The van der Waals surface area contributed by atoms with E-state index in [0.717, 1.165) is 12.0 Å². The van der Waals surface area contributed by atoms with Crippen LogP contribution in [0.25, 0.3) is 11.3 Å². The summed E-state index contributed by atoms with van der Waals surface area (Å²) in [4.78, 5) is 15.2. The zero-order chi connectivity index (χ0) is 15.4. The van der Waals surface area contributed by atoms with Crippen molar-refractivity contribution in [1.29, 1.82) is 0 Å². The van der Waals surface area contributed by atoms with E-state index in [9.17, 15) is 4.79 Å². The number of carboxylic acid groups (broad SMARTS) is 1. The lowest BCUT2D eigenvalue weighted by Gasteiger charge is -2.14. The molecular formula is C16H16ClNO3. The zero-order valence-corrected chi connectivity index (χ0v) is 12.6. The first-order chi connectivity index (χ1) is 10.0. The fraction of sp³-hybridized carbons (Fsp3) is 0.250. The summed E-state index contributed by atoms with van der Waals surface area (Å²) in [5.74, 6) is -0.370. The van der Waals surface area contributed by atoms with Crippen LogP contribution in [0, 0.1) is 0 Å². The molecule has 2 aromatic rings. The van der Waals surface area contributed by atoms with Gasteiger partial charge in [0.2, 0.25) is 0 Å². The Morgan fingerprint density at radius 3 is 2.76 bits per heavy atom. The first-order valence-electron chi connectivity index (χ1n) is 6.67. The topological polar surface area (TPSA) is 59.4 Å². The number of aromatic nitrogens is 1. The molecule has 0 radical (unpaired) electrons. The average Bonchev–Trinajstić information content (AvgIpc) is 2.49. The van der Waals surface area contributed by atoms with Gasteiger partial charge in [0.1, 0.15) is 5.75 Å². The number of aromatic carboxylic acids is 1. The molecule has 0 amide bonds. The Morgan fingerprint density at radius 2 is 2.14 bits per heavy atom. The van der Waals surface area contributed by atoms with Gasteiger partial charge in [-0.1, -0.05) is 18.5 Å². The summed E-state index contributed by atoms with van der Waals surface area (Å²) in [6.45, 7) is 4.01. The summed E-state index contributed by atoms with van der Waals surface area (Å²) >= 11 is 6.21. The van der Waals surface area contributed by atoms with Crippen molar-refractivity contribution in [2.45, 2.75) is 26.4 Å². The van der Waals surface area contributed by atoms with Gasteiger partial charge in [0.05, 0.1) is 22.4 Å². The predicted molar refractivity (Wildman–Crippen MR) is 82.0 cm³/mol. The van der Waals surface area contributed by atoms with Gasteiger partial charge in [-0.25, -0.2) is 4.79 Å². The van der Waals surface area contributed by atoms with E-state index in [1.807, 2.05) is 19.9 Å². The molecule has 0 aliphatic heterocycles. The van der Waals surface area contributed by atoms with Crippen molar-refractivity contribution in [2.24, 2.45) is 0 Å². The lowest BCUT2D eigenvalue weighted by Crippen LogP contribution is -2.09. The molecule has 0 saturated heterocycles. The predicted octanol–water partition coefficient (Wildman–Crippen LogP) is 4.28. The molecule has 2 rings (SSSR count). The van der Waals surface area contributed by atoms with Crippen molar-refractivity contribution in [1.82, 2.24) is 4.98 Å². The van der Waals surface area contributed by atoms with Crippen LogP contribution in [0.5, 0.6) is 5.75 Å². The third kappa shape index (κ3) is 3.73. The Bertz CT molecular complexity index is 658. The molecule has 110 valence electrons. The van der Waals surface area contributed by atoms with Gasteiger partial charge in [-0.2, -0.15) is 0 Å². The Kier molecular flexibility index (Phi) is 4.81. The number of carbonyl (C=O) groups is 1. The molecule has 0 fully saturated rings. The lowest BCUT2D eigenvalue weighted by molar-refractivity contribution is 0.0697. The van der Waals surface area contributed by atoms with E-state index in [1.165, 1.54) is 18.3 Å². The van der Waals surface area contributed by atoms with Crippen molar-refractivity contribution in [2.75, 3.05) is 0 Å². The maximum absolute atomic E-state index is 11.0. The summed E-state index contributed by atoms with van der Waals surface area (Å²) < 4.78 is 5.70. The van der Waals surface area contributed by atoms with E-state index in [0.29, 0.717) is 16.5 Å². The lowest BCUT2D eigenvalue weighted by atomic mass is 10.1. The van der Waals surface area contributed by atoms with Crippen molar-refractivity contribution >= 4 is 17.6 Å². The molecule has 1 aromatic carbocycles. The number of benzene rings is 1. The summed E-state index contributed by atoms with van der Waals surface area (Å²) in [6.07, 6.45) is 2.44. The van der Waals surface area contributed by atoms with Gasteiger partial charge in [-0.05, 0) is 43.7 Å². The van der Waals surface area contributed by atoms with Crippen molar-refractivity contribution in [3.8, 4) is 17.0 Å². The molecule has 5 heteroatoms. The number of nitrogens with zero attached hydrogens (tertiary/aromatic N) is 1. The van der Waals surface area contributed by atoms with Crippen LogP contribution in [0.4, 0.5) is 0 Å². The monoisotopic (exact) mass is 305 g/mol. The zero-order valence-electron chi connectivity index (χ0n) is 11.8. The highest BCUT2D eigenvalue weighted by Gasteiger charge is 2.10. The summed E-state index contributed by atoms with van der Waals surface area (Å²) in [5, 5.41) is 9.49. The number of rotatable bonds is 5. The molecule has 0 aliphatic rings. The molecule has 0 aliphatic carbocycles. The van der Waals surface area contributed by atoms with Gasteiger partial charge in [0.15, 0.2) is 0 Å². The smallest absolute Gasteiger partial charge is 0.335 e. The third-order valence-corrected chi connectivity index (χ3v) is 3.43. The highest BCUT2D eigenvalue weighted by Crippen LogP contribution is 2.30. The van der Waals surface area contributed by atoms with Gasteiger partial charge >= 0.3 is 5.97 Å². The highest BCUT2D eigenvalue weighted by molar-refractivity contribution is 6.32. The largest absolute Gasteiger partial charge is 0.489 e. The van der Waals surface area contributed by atoms with E-state index in [1.54, 1.807) is 12.1 Å². The number of hydrogen-bond donors (Lipinski definition) is 1. The van der Waals surface area contributed by atoms with Gasteiger partial charge < -0.3 is 9.84 Å². The summed E-state index contributed by atoms with van der Waals surface area (Å²) in [7, 11) is 0. The van der Waals surface area contributed by atoms with E-state index in [-0.39, 0.29) is 11.7 Å². The Labute approximate surface area is 128 Å². The fourth-order valence-corrected chi connectivity index (χ4v) is 2.00. The molecule has 0 spiro atoms. The second-order valence-electron chi connectivity index (χ2n) is 4.72. The molecule has 1 aromatic heterocycles. The van der Waals surface area contributed by atoms with E-state index >= 15 is 0 Å². The number of ether oxygens (including phenoxy) is 1. The number of carboxylic acids is 1. The minimum absolute atomic E-state index is 0.0850. The first kappa shape index (κ1) is 15.3. The Balaban J connectivity index is 2.31. The molecule has 21 heavy (non-hydrogen) atoms. The standard InChI is InChI=1S/C16H16ClNO3/c1-3-10(2)21-15-5-4-11(8-13(15)17)14-9-12(16(19)20)6-7-18-14/h4-10H,3H2,1-2H3,(H,19,20). The minimum Gasteiger partial charge on any atom is -0.489 e. The van der Waals surface area contributed by atoms with Crippen LogP contribution >= 0.6 is 11.6 Å². The van der Waals surface area contributed by atoms with E-state index in [4.69, 9.17) is 21.4 Å². The van der Waals surface area contributed by atoms with Gasteiger partial charge in [0, 0.05) is 11.8 Å². The van der Waals surface area contributed by atoms with E-state index in [2.05, 4.69) is 4.98 Å². The van der Waals surface area contributed by atoms with Crippen LogP contribution in [0.1, 0.15) is 30.6 Å². The minimum atomic E-state index is -0.985. The molecule has 1 atom stereocenters. The van der Waals surface area contributed by atoms with Crippen LogP contribution in [0.3, 0.4) is 0 Å². The summed E-state index contributed by atoms with van der Waals surface area (Å²) in [5.41, 5.74) is 1.50. The maximum atomic E-state index is 11.0. The van der Waals surface area contributed by atoms with Crippen molar-refractivity contribution in [3.63, 3.8) is 0 Å². The quantitative estimate of drug-likeness (QED) is 0.895. The van der Waals surface area contributed by atoms with Crippen LogP contribution in [-0.4, -0.2) is 22.2 Å². The molecule has 0 bridgehead atoms. The third-order valence-electron chi connectivity index (χ3n) is 3.14. The molecule has 1 unspecified atom stereocenters. The van der Waals surface area contributed by atoms with Crippen molar-refractivity contribution in [3.05, 3.63) is 47.1 Å². The first-order valence-corrected chi connectivity index (χ1v) is 7.05. The van der Waals surface area contributed by atoms with Gasteiger partial charge in [-0.15, -0.1) is 0 Å².